The number of ether oxygens (including phenoxy) is 1. The van der Waals surface area contributed by atoms with Crippen molar-refractivity contribution in [2.24, 2.45) is 11.5 Å². The van der Waals surface area contributed by atoms with Gasteiger partial charge in [0.05, 0.1) is 12.1 Å². The van der Waals surface area contributed by atoms with Crippen molar-refractivity contribution >= 4 is 5.91 Å². The van der Waals surface area contributed by atoms with Crippen LogP contribution in [0.3, 0.4) is 0 Å². The van der Waals surface area contributed by atoms with E-state index in [1.54, 1.807) is 14.0 Å². The Bertz CT molecular complexity index is 240. The van der Waals surface area contributed by atoms with E-state index >= 15 is 0 Å². The van der Waals surface area contributed by atoms with Crippen LogP contribution < -0.4 is 11.5 Å². The predicted molar refractivity (Wildman–Crippen MR) is 74.2 cm³/mol. The van der Waals surface area contributed by atoms with E-state index in [1.165, 1.54) is 0 Å². The Kier molecular flexibility index (Phi) is 8.15. The second-order valence-corrected chi connectivity index (χ2v) is 5.03. The van der Waals surface area contributed by atoms with E-state index < -0.39 is 11.4 Å². The molecule has 0 heterocycles. The summed E-state index contributed by atoms with van der Waals surface area (Å²) < 4.78 is 5.13. The Morgan fingerprint density at radius 2 is 1.89 bits per heavy atom. The number of primary amides is 1. The average Bonchev–Trinajstić information content (AvgIpc) is 2.32. The van der Waals surface area contributed by atoms with Crippen molar-refractivity contribution in [3.63, 3.8) is 0 Å². The van der Waals surface area contributed by atoms with Gasteiger partial charge in [-0.1, -0.05) is 13.8 Å². The zero-order valence-electron chi connectivity index (χ0n) is 12.2. The van der Waals surface area contributed by atoms with E-state index in [2.05, 4.69) is 18.7 Å². The summed E-state index contributed by atoms with van der Waals surface area (Å²) in [4.78, 5) is 13.5. The molecular weight excluding hydrogens is 230 g/mol. The van der Waals surface area contributed by atoms with Crippen molar-refractivity contribution in [2.45, 2.75) is 51.6 Å². The van der Waals surface area contributed by atoms with E-state index in [0.29, 0.717) is 19.1 Å². The van der Waals surface area contributed by atoms with Crippen molar-refractivity contribution in [3.05, 3.63) is 0 Å². The summed E-state index contributed by atoms with van der Waals surface area (Å²) in [6.45, 7) is 8.35. The molecule has 5 heteroatoms. The Balaban J connectivity index is 4.44. The maximum absolute atomic E-state index is 11.2. The van der Waals surface area contributed by atoms with Crippen LogP contribution in [0, 0.1) is 0 Å². The second kappa shape index (κ2) is 8.45. The number of methoxy groups -OCH3 is 1. The van der Waals surface area contributed by atoms with Crippen LogP contribution in [0.5, 0.6) is 0 Å². The molecule has 1 atom stereocenters. The van der Waals surface area contributed by atoms with Crippen LogP contribution in [0.4, 0.5) is 0 Å². The molecule has 0 radical (unpaired) electrons. The summed E-state index contributed by atoms with van der Waals surface area (Å²) in [5.41, 5.74) is 10.2. The van der Waals surface area contributed by atoms with Gasteiger partial charge < -0.3 is 16.2 Å². The number of carbonyl (C=O) groups excluding carboxylic acids is 1. The molecule has 4 N–H and O–H groups in total. The first-order chi connectivity index (χ1) is 8.38. The Morgan fingerprint density at radius 1 is 1.33 bits per heavy atom. The van der Waals surface area contributed by atoms with Crippen LogP contribution in [0.25, 0.3) is 0 Å². The van der Waals surface area contributed by atoms with Crippen LogP contribution in [0.1, 0.15) is 40.0 Å². The number of amides is 1. The van der Waals surface area contributed by atoms with Crippen molar-refractivity contribution in [3.8, 4) is 0 Å². The average molecular weight is 259 g/mol. The largest absolute Gasteiger partial charge is 0.383 e. The number of carbonyl (C=O) groups is 1. The Labute approximate surface area is 111 Å². The van der Waals surface area contributed by atoms with Gasteiger partial charge in [0, 0.05) is 26.2 Å². The molecule has 0 aromatic rings. The quantitative estimate of drug-likeness (QED) is 0.605. The molecule has 18 heavy (non-hydrogen) atoms. The fraction of sp³-hybridized carbons (Fsp3) is 0.923. The molecule has 0 saturated carbocycles. The van der Waals surface area contributed by atoms with Crippen LogP contribution in [-0.2, 0) is 9.53 Å². The molecule has 0 fully saturated rings. The molecule has 0 aromatic heterocycles. The highest BCUT2D eigenvalue weighted by atomic mass is 16.5. The SMILES string of the molecule is CCC(CC)N(CCOC)CCC(C)(N)C(N)=O. The highest BCUT2D eigenvalue weighted by molar-refractivity contribution is 5.83. The first kappa shape index (κ1) is 17.4. The minimum absolute atomic E-state index is 0.446. The fourth-order valence-corrected chi connectivity index (χ4v) is 1.99. The van der Waals surface area contributed by atoms with Crippen LogP contribution in [0.15, 0.2) is 0 Å². The number of hydrogen-bond donors (Lipinski definition) is 2. The summed E-state index contributed by atoms with van der Waals surface area (Å²) in [6.07, 6.45) is 2.73. The number of rotatable bonds is 10. The molecule has 5 nitrogen and oxygen atoms in total. The van der Waals surface area contributed by atoms with Crippen molar-refractivity contribution in [1.82, 2.24) is 4.90 Å². The lowest BCUT2D eigenvalue weighted by atomic mass is 9.97. The predicted octanol–water partition coefficient (Wildman–Crippen LogP) is 0.716. The summed E-state index contributed by atoms with van der Waals surface area (Å²) in [7, 11) is 1.70. The molecule has 108 valence electrons. The maximum Gasteiger partial charge on any atom is 0.237 e. The molecule has 0 aliphatic carbocycles. The lowest BCUT2D eigenvalue weighted by Gasteiger charge is -2.32. The number of nitrogens with zero attached hydrogens (tertiary/aromatic N) is 1. The monoisotopic (exact) mass is 259 g/mol. The molecule has 1 amide bonds. The van der Waals surface area contributed by atoms with Gasteiger partial charge >= 0.3 is 0 Å². The highest BCUT2D eigenvalue weighted by Gasteiger charge is 2.27. The van der Waals surface area contributed by atoms with Gasteiger partial charge in [0.15, 0.2) is 0 Å². The molecule has 0 aromatic carbocycles. The molecule has 0 rings (SSSR count). The van der Waals surface area contributed by atoms with Gasteiger partial charge in [-0.15, -0.1) is 0 Å². The van der Waals surface area contributed by atoms with Gasteiger partial charge in [-0.05, 0) is 26.2 Å². The molecule has 0 spiro atoms. The molecule has 0 saturated heterocycles. The normalized spacial score (nSPS) is 15.1. The van der Waals surface area contributed by atoms with E-state index in [1.807, 2.05) is 0 Å². The van der Waals surface area contributed by atoms with E-state index in [-0.39, 0.29) is 0 Å². The first-order valence-electron chi connectivity index (χ1n) is 6.70. The smallest absolute Gasteiger partial charge is 0.237 e. The van der Waals surface area contributed by atoms with Gasteiger partial charge in [-0.25, -0.2) is 0 Å². The summed E-state index contributed by atoms with van der Waals surface area (Å²) in [6, 6.07) is 0.504. The topological polar surface area (TPSA) is 81.6 Å². The van der Waals surface area contributed by atoms with Crippen molar-refractivity contribution in [2.75, 3.05) is 26.8 Å². The van der Waals surface area contributed by atoms with Gasteiger partial charge in [-0.2, -0.15) is 0 Å². The van der Waals surface area contributed by atoms with E-state index in [4.69, 9.17) is 16.2 Å². The lowest BCUT2D eigenvalue weighted by molar-refractivity contribution is -0.123. The van der Waals surface area contributed by atoms with Gasteiger partial charge in [0.2, 0.25) is 5.91 Å². The summed E-state index contributed by atoms with van der Waals surface area (Å²) >= 11 is 0. The first-order valence-corrected chi connectivity index (χ1v) is 6.70. The van der Waals surface area contributed by atoms with Crippen molar-refractivity contribution in [1.29, 1.82) is 0 Å². The minimum Gasteiger partial charge on any atom is -0.383 e. The minimum atomic E-state index is -0.933. The molecule has 0 aliphatic heterocycles. The van der Waals surface area contributed by atoms with E-state index in [9.17, 15) is 4.79 Å². The third-order valence-corrected chi connectivity index (χ3v) is 3.52. The standard InChI is InChI=1S/C13H29N3O2/c1-5-11(6-2)16(9-10-18-4)8-7-13(3,15)12(14)17/h11H,5-10,15H2,1-4H3,(H2,14,17). The van der Waals surface area contributed by atoms with Gasteiger partial charge in [0.25, 0.3) is 0 Å². The van der Waals surface area contributed by atoms with E-state index in [0.717, 1.165) is 25.9 Å². The third kappa shape index (κ3) is 5.80. The lowest BCUT2D eigenvalue weighted by Crippen LogP contribution is -2.52. The molecule has 1 unspecified atom stereocenters. The maximum atomic E-state index is 11.2. The molecular formula is C13H29N3O2. The fourth-order valence-electron chi connectivity index (χ4n) is 1.99. The number of nitrogens with two attached hydrogens (primary N) is 2. The highest BCUT2D eigenvalue weighted by Crippen LogP contribution is 2.12. The zero-order chi connectivity index (χ0) is 14.2. The van der Waals surface area contributed by atoms with Crippen molar-refractivity contribution < 1.29 is 9.53 Å². The molecule has 0 bridgehead atoms. The summed E-state index contributed by atoms with van der Waals surface area (Å²) in [5, 5.41) is 0. The number of hydrogen-bond acceptors (Lipinski definition) is 4. The van der Waals surface area contributed by atoms with Crippen LogP contribution in [-0.4, -0.2) is 49.2 Å². The van der Waals surface area contributed by atoms with Crippen LogP contribution >= 0.6 is 0 Å². The van der Waals surface area contributed by atoms with Gasteiger partial charge in [-0.3, -0.25) is 9.69 Å². The zero-order valence-corrected chi connectivity index (χ0v) is 12.2. The summed E-state index contributed by atoms with van der Waals surface area (Å²) in [5.74, 6) is -0.446. The van der Waals surface area contributed by atoms with Gasteiger partial charge in [0.1, 0.15) is 0 Å². The third-order valence-electron chi connectivity index (χ3n) is 3.52. The Hall–Kier alpha value is -0.650. The second-order valence-electron chi connectivity index (χ2n) is 5.03. The van der Waals surface area contributed by atoms with Crippen LogP contribution in [0.2, 0.25) is 0 Å². The molecule has 0 aliphatic rings. The Morgan fingerprint density at radius 3 is 2.28 bits per heavy atom.